The van der Waals surface area contributed by atoms with Gasteiger partial charge in [0.25, 0.3) is 0 Å². The Morgan fingerprint density at radius 1 is 1.15 bits per heavy atom. The van der Waals surface area contributed by atoms with Gasteiger partial charge in [0.1, 0.15) is 0 Å². The third kappa shape index (κ3) is 5.27. The second-order valence-corrected chi connectivity index (χ2v) is 3.91. The predicted molar refractivity (Wildman–Crippen MR) is 60.1 cm³/mol. The number of nitrogens with one attached hydrogen (secondary N) is 1. The van der Waals surface area contributed by atoms with Crippen LogP contribution in [-0.4, -0.2) is 37.1 Å². The van der Waals surface area contributed by atoms with Crippen molar-refractivity contribution in [3.63, 3.8) is 0 Å². The SMILES string of the molecule is CCNCCC(C)N(C)C(C)CC. The van der Waals surface area contributed by atoms with E-state index in [1.165, 1.54) is 12.8 Å². The van der Waals surface area contributed by atoms with Gasteiger partial charge in [-0.1, -0.05) is 13.8 Å². The minimum Gasteiger partial charge on any atom is -0.317 e. The third-order valence-electron chi connectivity index (χ3n) is 2.97. The molecule has 0 bridgehead atoms. The Morgan fingerprint density at radius 2 is 1.77 bits per heavy atom. The molecule has 0 fully saturated rings. The molecule has 0 saturated carbocycles. The van der Waals surface area contributed by atoms with Crippen LogP contribution in [0.4, 0.5) is 0 Å². The highest BCUT2D eigenvalue weighted by Gasteiger charge is 2.13. The fourth-order valence-corrected chi connectivity index (χ4v) is 1.41. The van der Waals surface area contributed by atoms with E-state index in [-0.39, 0.29) is 0 Å². The van der Waals surface area contributed by atoms with Crippen molar-refractivity contribution in [1.82, 2.24) is 10.2 Å². The first-order chi connectivity index (χ1) is 6.13. The van der Waals surface area contributed by atoms with Crippen LogP contribution in [0.3, 0.4) is 0 Å². The lowest BCUT2D eigenvalue weighted by Crippen LogP contribution is -2.38. The maximum atomic E-state index is 3.36. The molecule has 0 aliphatic heterocycles. The van der Waals surface area contributed by atoms with E-state index in [9.17, 15) is 0 Å². The molecule has 2 unspecified atom stereocenters. The van der Waals surface area contributed by atoms with Crippen molar-refractivity contribution in [3.05, 3.63) is 0 Å². The highest BCUT2D eigenvalue weighted by Crippen LogP contribution is 2.07. The second kappa shape index (κ2) is 7.34. The van der Waals surface area contributed by atoms with Crippen LogP contribution in [0.2, 0.25) is 0 Å². The fourth-order valence-electron chi connectivity index (χ4n) is 1.41. The van der Waals surface area contributed by atoms with Gasteiger partial charge in [-0.05, 0) is 46.8 Å². The summed E-state index contributed by atoms with van der Waals surface area (Å²) in [6.07, 6.45) is 2.48. The van der Waals surface area contributed by atoms with Crippen LogP contribution in [0.5, 0.6) is 0 Å². The largest absolute Gasteiger partial charge is 0.317 e. The molecule has 0 heterocycles. The first-order valence-electron chi connectivity index (χ1n) is 5.56. The van der Waals surface area contributed by atoms with Crippen LogP contribution in [0, 0.1) is 0 Å². The zero-order chi connectivity index (χ0) is 10.3. The van der Waals surface area contributed by atoms with Gasteiger partial charge in [-0.25, -0.2) is 0 Å². The maximum Gasteiger partial charge on any atom is 0.00787 e. The Morgan fingerprint density at radius 3 is 2.23 bits per heavy atom. The van der Waals surface area contributed by atoms with Gasteiger partial charge in [0.05, 0.1) is 0 Å². The number of hydrogen-bond acceptors (Lipinski definition) is 2. The number of hydrogen-bond donors (Lipinski definition) is 1. The zero-order valence-electron chi connectivity index (χ0n) is 9.93. The lowest BCUT2D eigenvalue weighted by atomic mass is 10.1. The summed E-state index contributed by atoms with van der Waals surface area (Å²) in [7, 11) is 2.23. The van der Waals surface area contributed by atoms with E-state index in [0.29, 0.717) is 12.1 Å². The minimum atomic E-state index is 0.689. The molecule has 0 saturated heterocycles. The van der Waals surface area contributed by atoms with Gasteiger partial charge in [-0.3, -0.25) is 0 Å². The summed E-state index contributed by atoms with van der Waals surface area (Å²) in [5.41, 5.74) is 0. The Bertz CT molecular complexity index is 115. The summed E-state index contributed by atoms with van der Waals surface area (Å²) >= 11 is 0. The van der Waals surface area contributed by atoms with E-state index in [0.717, 1.165) is 13.1 Å². The average Bonchev–Trinajstić information content (AvgIpc) is 2.15. The molecule has 0 aromatic heterocycles. The summed E-state index contributed by atoms with van der Waals surface area (Å²) in [6.45, 7) is 11.2. The van der Waals surface area contributed by atoms with Crippen LogP contribution >= 0.6 is 0 Å². The Labute approximate surface area is 83.7 Å². The molecule has 0 aliphatic rings. The molecular formula is C11H26N2. The Hall–Kier alpha value is -0.0800. The van der Waals surface area contributed by atoms with Crippen LogP contribution in [-0.2, 0) is 0 Å². The molecule has 0 aliphatic carbocycles. The summed E-state index contributed by atoms with van der Waals surface area (Å²) in [5.74, 6) is 0. The van der Waals surface area contributed by atoms with Crippen molar-refractivity contribution in [2.24, 2.45) is 0 Å². The monoisotopic (exact) mass is 186 g/mol. The van der Waals surface area contributed by atoms with Crippen molar-refractivity contribution in [1.29, 1.82) is 0 Å². The quantitative estimate of drug-likeness (QED) is 0.613. The van der Waals surface area contributed by atoms with Gasteiger partial charge in [0.15, 0.2) is 0 Å². The van der Waals surface area contributed by atoms with Crippen molar-refractivity contribution in [2.45, 2.75) is 52.6 Å². The molecule has 0 spiro atoms. The van der Waals surface area contributed by atoms with E-state index in [4.69, 9.17) is 0 Å². The van der Waals surface area contributed by atoms with Crippen molar-refractivity contribution < 1.29 is 0 Å². The summed E-state index contributed by atoms with van der Waals surface area (Å²) in [4.78, 5) is 2.47. The van der Waals surface area contributed by atoms with Gasteiger partial charge >= 0.3 is 0 Å². The van der Waals surface area contributed by atoms with E-state index in [2.05, 4.69) is 45.0 Å². The molecule has 0 rings (SSSR count). The second-order valence-electron chi connectivity index (χ2n) is 3.91. The maximum absolute atomic E-state index is 3.36. The van der Waals surface area contributed by atoms with Gasteiger partial charge < -0.3 is 10.2 Å². The molecule has 80 valence electrons. The van der Waals surface area contributed by atoms with Gasteiger partial charge in [0.2, 0.25) is 0 Å². The molecule has 2 nitrogen and oxygen atoms in total. The molecule has 13 heavy (non-hydrogen) atoms. The first-order valence-corrected chi connectivity index (χ1v) is 5.56. The van der Waals surface area contributed by atoms with Crippen molar-refractivity contribution in [3.8, 4) is 0 Å². The number of rotatable bonds is 7. The van der Waals surface area contributed by atoms with Crippen LogP contribution in [0.15, 0.2) is 0 Å². The van der Waals surface area contributed by atoms with Gasteiger partial charge in [-0.2, -0.15) is 0 Å². The molecule has 1 N–H and O–H groups in total. The van der Waals surface area contributed by atoms with E-state index in [1.807, 2.05) is 0 Å². The molecule has 2 heteroatoms. The van der Waals surface area contributed by atoms with Crippen LogP contribution < -0.4 is 5.32 Å². The van der Waals surface area contributed by atoms with Gasteiger partial charge in [-0.15, -0.1) is 0 Å². The standard InChI is InChI=1S/C11H26N2/c1-6-10(3)13(5)11(4)8-9-12-7-2/h10-12H,6-9H2,1-5H3. The highest BCUT2D eigenvalue weighted by molar-refractivity contribution is 4.69. The molecule has 0 aromatic carbocycles. The van der Waals surface area contributed by atoms with Crippen LogP contribution in [0.25, 0.3) is 0 Å². The predicted octanol–water partition coefficient (Wildman–Crippen LogP) is 2.10. The van der Waals surface area contributed by atoms with Gasteiger partial charge in [0, 0.05) is 12.1 Å². The smallest absolute Gasteiger partial charge is 0.00787 e. The summed E-state index contributed by atoms with van der Waals surface area (Å²) < 4.78 is 0. The highest BCUT2D eigenvalue weighted by atomic mass is 15.1. The molecular weight excluding hydrogens is 160 g/mol. The average molecular weight is 186 g/mol. The topological polar surface area (TPSA) is 15.3 Å². The molecule has 2 atom stereocenters. The number of nitrogens with zero attached hydrogens (tertiary/aromatic N) is 1. The molecule has 0 aromatic rings. The third-order valence-corrected chi connectivity index (χ3v) is 2.97. The Balaban J connectivity index is 3.62. The van der Waals surface area contributed by atoms with Crippen LogP contribution in [0.1, 0.15) is 40.5 Å². The van der Waals surface area contributed by atoms with E-state index < -0.39 is 0 Å². The molecule has 0 amide bonds. The minimum absolute atomic E-state index is 0.689. The molecule has 0 radical (unpaired) electrons. The van der Waals surface area contributed by atoms with Crippen molar-refractivity contribution in [2.75, 3.05) is 20.1 Å². The lowest BCUT2D eigenvalue weighted by molar-refractivity contribution is 0.183. The lowest BCUT2D eigenvalue weighted by Gasteiger charge is -2.30. The normalized spacial score (nSPS) is 16.2. The van der Waals surface area contributed by atoms with Crippen molar-refractivity contribution >= 4 is 0 Å². The Kier molecular flexibility index (Phi) is 7.29. The zero-order valence-corrected chi connectivity index (χ0v) is 9.93. The first kappa shape index (κ1) is 12.9. The van der Waals surface area contributed by atoms with E-state index in [1.54, 1.807) is 0 Å². The fraction of sp³-hybridized carbons (Fsp3) is 1.00. The summed E-state index contributed by atoms with van der Waals surface area (Å²) in [5, 5.41) is 3.36. The summed E-state index contributed by atoms with van der Waals surface area (Å²) in [6, 6.07) is 1.39. The van der Waals surface area contributed by atoms with E-state index >= 15 is 0 Å².